The first-order valence-corrected chi connectivity index (χ1v) is 7.62. The standard InChI is InChI=1S/C14H26N2O4/c17-11-8-15-10(13(19)14(11)20)7-16-12(18)6-5-9-3-1-2-4-9/h9-11,13-15,17,19-20H,1-8H2,(H,16,18)/t10-,11+,13+,14-/m1/s1. The van der Waals surface area contributed by atoms with Crippen LogP contribution in [-0.4, -0.2) is 58.7 Å². The van der Waals surface area contributed by atoms with Gasteiger partial charge < -0.3 is 26.0 Å². The predicted molar refractivity (Wildman–Crippen MR) is 74.0 cm³/mol. The maximum Gasteiger partial charge on any atom is 0.220 e. The van der Waals surface area contributed by atoms with Crippen LogP contribution in [0.15, 0.2) is 0 Å². The van der Waals surface area contributed by atoms with Gasteiger partial charge in [-0.05, 0) is 12.3 Å². The number of amides is 1. The largest absolute Gasteiger partial charge is 0.389 e. The van der Waals surface area contributed by atoms with E-state index < -0.39 is 24.4 Å². The summed E-state index contributed by atoms with van der Waals surface area (Å²) in [5.74, 6) is 0.683. The Kier molecular flexibility index (Phi) is 5.77. The summed E-state index contributed by atoms with van der Waals surface area (Å²) >= 11 is 0. The molecule has 1 saturated heterocycles. The van der Waals surface area contributed by atoms with Gasteiger partial charge >= 0.3 is 0 Å². The second kappa shape index (κ2) is 7.36. The molecule has 20 heavy (non-hydrogen) atoms. The number of piperidine rings is 1. The average molecular weight is 286 g/mol. The second-order valence-electron chi connectivity index (χ2n) is 6.06. The van der Waals surface area contributed by atoms with Crippen molar-refractivity contribution in [2.45, 2.75) is 62.9 Å². The number of hydrogen-bond acceptors (Lipinski definition) is 5. The molecule has 2 aliphatic rings. The highest BCUT2D eigenvalue weighted by atomic mass is 16.4. The van der Waals surface area contributed by atoms with E-state index in [4.69, 9.17) is 0 Å². The Morgan fingerprint density at radius 1 is 1.15 bits per heavy atom. The van der Waals surface area contributed by atoms with Crippen LogP contribution >= 0.6 is 0 Å². The van der Waals surface area contributed by atoms with Gasteiger partial charge in [-0.2, -0.15) is 0 Å². The molecule has 1 amide bonds. The van der Waals surface area contributed by atoms with Gasteiger partial charge in [0.25, 0.3) is 0 Å². The van der Waals surface area contributed by atoms with Crippen LogP contribution in [0, 0.1) is 5.92 Å². The van der Waals surface area contributed by atoms with Crippen LogP contribution in [-0.2, 0) is 4.79 Å². The van der Waals surface area contributed by atoms with Gasteiger partial charge in [0.1, 0.15) is 6.10 Å². The molecule has 1 heterocycles. The first-order chi connectivity index (χ1) is 9.58. The molecule has 116 valence electrons. The van der Waals surface area contributed by atoms with Crippen LogP contribution in [0.4, 0.5) is 0 Å². The lowest BCUT2D eigenvalue weighted by Crippen LogP contribution is -2.62. The molecular weight excluding hydrogens is 260 g/mol. The zero-order valence-electron chi connectivity index (χ0n) is 11.8. The molecule has 1 aliphatic heterocycles. The maximum absolute atomic E-state index is 11.8. The summed E-state index contributed by atoms with van der Waals surface area (Å²) in [6.07, 6.45) is 3.33. The van der Waals surface area contributed by atoms with Crippen molar-refractivity contribution in [3.8, 4) is 0 Å². The number of β-amino-alcohol motifs (C(OH)–C–C–N with tert-alkyl or cyclic N) is 1. The lowest BCUT2D eigenvalue weighted by Gasteiger charge is -2.36. The molecule has 0 radical (unpaired) electrons. The summed E-state index contributed by atoms with van der Waals surface area (Å²) < 4.78 is 0. The van der Waals surface area contributed by atoms with Crippen LogP contribution in [0.5, 0.6) is 0 Å². The van der Waals surface area contributed by atoms with Gasteiger partial charge in [0.15, 0.2) is 0 Å². The number of carbonyl (C=O) groups excluding carboxylic acids is 1. The zero-order chi connectivity index (χ0) is 14.5. The molecule has 0 unspecified atom stereocenters. The van der Waals surface area contributed by atoms with Gasteiger partial charge in [-0.25, -0.2) is 0 Å². The Morgan fingerprint density at radius 2 is 1.85 bits per heavy atom. The van der Waals surface area contributed by atoms with E-state index in [1.165, 1.54) is 25.7 Å². The van der Waals surface area contributed by atoms with Crippen LogP contribution in [0.1, 0.15) is 38.5 Å². The molecule has 4 atom stereocenters. The first-order valence-electron chi connectivity index (χ1n) is 7.62. The van der Waals surface area contributed by atoms with E-state index in [0.29, 0.717) is 12.3 Å². The fraction of sp³-hybridized carbons (Fsp3) is 0.929. The topological polar surface area (TPSA) is 102 Å². The molecule has 0 aromatic carbocycles. The van der Waals surface area contributed by atoms with Crippen LogP contribution in [0.25, 0.3) is 0 Å². The Bertz CT molecular complexity index is 320. The van der Waals surface area contributed by atoms with E-state index in [9.17, 15) is 20.1 Å². The smallest absolute Gasteiger partial charge is 0.220 e. The second-order valence-corrected chi connectivity index (χ2v) is 6.06. The lowest BCUT2D eigenvalue weighted by molar-refractivity contribution is -0.122. The van der Waals surface area contributed by atoms with E-state index in [-0.39, 0.29) is 19.0 Å². The highest BCUT2D eigenvalue weighted by Gasteiger charge is 2.36. The normalized spacial score (nSPS) is 35.1. The van der Waals surface area contributed by atoms with Crippen molar-refractivity contribution in [1.82, 2.24) is 10.6 Å². The zero-order valence-corrected chi connectivity index (χ0v) is 11.8. The van der Waals surface area contributed by atoms with Crippen molar-refractivity contribution < 1.29 is 20.1 Å². The van der Waals surface area contributed by atoms with Crippen LogP contribution in [0.3, 0.4) is 0 Å². The summed E-state index contributed by atoms with van der Waals surface area (Å²) in [5.41, 5.74) is 0. The number of hydrogen-bond donors (Lipinski definition) is 5. The molecule has 6 nitrogen and oxygen atoms in total. The lowest BCUT2D eigenvalue weighted by atomic mass is 9.96. The third-order valence-electron chi connectivity index (χ3n) is 4.52. The SMILES string of the molecule is O=C(CCC1CCCC1)NC[C@H]1NC[C@H](O)[C@@H](O)[C@H]1O. The fourth-order valence-electron chi connectivity index (χ4n) is 3.12. The monoisotopic (exact) mass is 286 g/mol. The van der Waals surface area contributed by atoms with Crippen molar-refractivity contribution in [3.05, 3.63) is 0 Å². The van der Waals surface area contributed by atoms with Gasteiger partial charge in [0.05, 0.1) is 18.2 Å². The molecule has 6 heteroatoms. The van der Waals surface area contributed by atoms with Gasteiger partial charge in [-0.1, -0.05) is 25.7 Å². The van der Waals surface area contributed by atoms with Gasteiger partial charge in [0, 0.05) is 19.5 Å². The van der Waals surface area contributed by atoms with Crippen molar-refractivity contribution in [2.24, 2.45) is 5.92 Å². The predicted octanol–water partition coefficient (Wildman–Crippen LogP) is -0.872. The number of carbonyl (C=O) groups is 1. The molecule has 5 N–H and O–H groups in total. The fourth-order valence-corrected chi connectivity index (χ4v) is 3.12. The molecule has 0 aromatic rings. The molecule has 0 aromatic heterocycles. The molecule has 2 rings (SSSR count). The quantitative estimate of drug-likeness (QED) is 0.452. The minimum Gasteiger partial charge on any atom is -0.389 e. The van der Waals surface area contributed by atoms with Gasteiger partial charge in [-0.3, -0.25) is 4.79 Å². The van der Waals surface area contributed by atoms with Crippen molar-refractivity contribution >= 4 is 5.91 Å². The van der Waals surface area contributed by atoms with Gasteiger partial charge in [0.2, 0.25) is 5.91 Å². The average Bonchev–Trinajstić information content (AvgIpc) is 2.95. The highest BCUT2D eigenvalue weighted by Crippen LogP contribution is 2.28. The van der Waals surface area contributed by atoms with E-state index in [1.807, 2.05) is 0 Å². The van der Waals surface area contributed by atoms with E-state index in [2.05, 4.69) is 10.6 Å². The van der Waals surface area contributed by atoms with Crippen molar-refractivity contribution in [3.63, 3.8) is 0 Å². The van der Waals surface area contributed by atoms with Crippen LogP contribution in [0.2, 0.25) is 0 Å². The third kappa shape index (κ3) is 4.15. The van der Waals surface area contributed by atoms with Crippen molar-refractivity contribution in [1.29, 1.82) is 0 Å². The molecule has 0 bridgehead atoms. The third-order valence-corrected chi connectivity index (χ3v) is 4.52. The van der Waals surface area contributed by atoms with E-state index in [0.717, 1.165) is 6.42 Å². The van der Waals surface area contributed by atoms with E-state index in [1.54, 1.807) is 0 Å². The number of rotatable bonds is 5. The Hall–Kier alpha value is -0.690. The minimum absolute atomic E-state index is 0.00786. The summed E-state index contributed by atoms with van der Waals surface area (Å²) in [4.78, 5) is 11.8. The molecular formula is C14H26N2O4. The highest BCUT2D eigenvalue weighted by molar-refractivity contribution is 5.75. The summed E-state index contributed by atoms with van der Waals surface area (Å²) in [5, 5.41) is 34.5. The molecule has 1 aliphatic carbocycles. The summed E-state index contributed by atoms with van der Waals surface area (Å²) in [6, 6.07) is -0.413. The molecule has 1 saturated carbocycles. The Balaban J connectivity index is 1.65. The molecule has 2 fully saturated rings. The first kappa shape index (κ1) is 15.7. The van der Waals surface area contributed by atoms with Gasteiger partial charge in [-0.15, -0.1) is 0 Å². The number of nitrogens with one attached hydrogen (secondary N) is 2. The molecule has 0 spiro atoms. The summed E-state index contributed by atoms with van der Waals surface area (Å²) in [7, 11) is 0. The van der Waals surface area contributed by atoms with E-state index >= 15 is 0 Å². The number of aliphatic hydroxyl groups is 3. The van der Waals surface area contributed by atoms with Crippen molar-refractivity contribution in [2.75, 3.05) is 13.1 Å². The number of aliphatic hydroxyl groups excluding tert-OH is 3. The van der Waals surface area contributed by atoms with Crippen LogP contribution < -0.4 is 10.6 Å². The Labute approximate surface area is 119 Å². The summed E-state index contributed by atoms with van der Waals surface area (Å²) in [6.45, 7) is 0.495. The Morgan fingerprint density at radius 3 is 2.55 bits per heavy atom. The minimum atomic E-state index is -1.16. The maximum atomic E-state index is 11.8.